The summed E-state index contributed by atoms with van der Waals surface area (Å²) in [6.07, 6.45) is 0.602. The fourth-order valence-corrected chi connectivity index (χ4v) is 4.33. The van der Waals surface area contributed by atoms with E-state index in [9.17, 15) is 14.3 Å². The molecule has 0 aromatic heterocycles. The van der Waals surface area contributed by atoms with Crippen LogP contribution in [-0.4, -0.2) is 17.7 Å². The van der Waals surface area contributed by atoms with Crippen LogP contribution in [0.4, 0.5) is 13.2 Å². The van der Waals surface area contributed by atoms with E-state index in [1.54, 1.807) is 24.3 Å². The second kappa shape index (κ2) is 10.8. The molecule has 5 rings (SSSR count). The monoisotopic (exact) mass is 518 g/mol. The molecular weight excluding hydrogens is 493 g/mol. The molecule has 1 heterocycles. The number of hydrogen-bond acceptors (Lipinski definition) is 4. The quantitative estimate of drug-likeness (QED) is 0.149. The van der Waals surface area contributed by atoms with E-state index in [0.29, 0.717) is 29.7 Å². The predicted molar refractivity (Wildman–Crippen MR) is 137 cm³/mol. The number of epoxide rings is 1. The molecule has 1 fully saturated rings. The van der Waals surface area contributed by atoms with E-state index >= 15 is 8.78 Å². The molecule has 7 heteroatoms. The SMILES string of the molecule is CCCC(O)c1ccc(-c2ccc(-c3ccc(C(=O)Oc4ccc(C5CO5)c(F)c4)cc3)c(F)c2F)cc1. The maximum atomic E-state index is 15.1. The first-order valence-corrected chi connectivity index (χ1v) is 12.4. The first kappa shape index (κ1) is 25.7. The van der Waals surface area contributed by atoms with Crippen LogP contribution < -0.4 is 4.74 Å². The maximum Gasteiger partial charge on any atom is 0.343 e. The number of esters is 1. The lowest BCUT2D eigenvalue weighted by Gasteiger charge is -2.12. The van der Waals surface area contributed by atoms with Crippen molar-refractivity contribution in [3.05, 3.63) is 113 Å². The molecule has 1 N–H and O–H groups in total. The molecule has 4 aromatic rings. The van der Waals surface area contributed by atoms with Gasteiger partial charge in [-0.15, -0.1) is 0 Å². The van der Waals surface area contributed by atoms with Crippen LogP contribution in [0.5, 0.6) is 5.75 Å². The number of ether oxygens (including phenoxy) is 2. The lowest BCUT2D eigenvalue weighted by molar-refractivity contribution is 0.0734. The highest BCUT2D eigenvalue weighted by Crippen LogP contribution is 2.34. The number of carbonyl (C=O) groups is 1. The Morgan fingerprint density at radius 1 is 0.921 bits per heavy atom. The largest absolute Gasteiger partial charge is 0.423 e. The zero-order valence-electron chi connectivity index (χ0n) is 20.6. The Hall–Kier alpha value is -3.94. The van der Waals surface area contributed by atoms with Gasteiger partial charge >= 0.3 is 5.97 Å². The van der Waals surface area contributed by atoms with E-state index in [0.717, 1.165) is 18.1 Å². The summed E-state index contributed by atoms with van der Waals surface area (Å²) in [5.74, 6) is -3.17. The Labute approximate surface area is 218 Å². The van der Waals surface area contributed by atoms with Gasteiger partial charge in [-0.25, -0.2) is 18.0 Å². The highest BCUT2D eigenvalue weighted by atomic mass is 19.2. The summed E-state index contributed by atoms with van der Waals surface area (Å²) >= 11 is 0. The normalized spacial score (nSPS) is 15.2. The number of carbonyl (C=O) groups excluding carboxylic acids is 1. The standard InChI is InChI=1S/C31H25F3O4/c1-2-3-27(35)20-8-4-18(5-9-20)23-14-15-24(30(34)29(23)33)19-6-10-21(11-7-19)31(36)38-22-12-13-25(26(32)16-22)28-17-37-28/h4-16,27-28,35H,2-3,17H2,1H3. The molecule has 4 aromatic carbocycles. The van der Waals surface area contributed by atoms with Gasteiger partial charge in [0.25, 0.3) is 0 Å². The minimum absolute atomic E-state index is 0.0427. The lowest BCUT2D eigenvalue weighted by Crippen LogP contribution is -2.08. The molecule has 4 nitrogen and oxygen atoms in total. The summed E-state index contributed by atoms with van der Waals surface area (Å²) in [6, 6.07) is 19.7. The van der Waals surface area contributed by atoms with E-state index in [2.05, 4.69) is 0 Å². The molecule has 0 bridgehead atoms. The summed E-state index contributed by atoms with van der Waals surface area (Å²) < 4.78 is 54.6. The molecule has 194 valence electrons. The average Bonchev–Trinajstić information content (AvgIpc) is 3.76. The number of halogens is 3. The minimum Gasteiger partial charge on any atom is -0.423 e. The summed E-state index contributed by atoms with van der Waals surface area (Å²) in [5.41, 5.74) is 2.33. The summed E-state index contributed by atoms with van der Waals surface area (Å²) in [5, 5.41) is 10.1. The van der Waals surface area contributed by atoms with Gasteiger partial charge in [0.1, 0.15) is 17.7 Å². The zero-order chi connectivity index (χ0) is 26.8. The number of hydrogen-bond donors (Lipinski definition) is 1. The van der Waals surface area contributed by atoms with Crippen molar-refractivity contribution in [2.45, 2.75) is 32.0 Å². The highest BCUT2D eigenvalue weighted by molar-refractivity contribution is 5.91. The summed E-state index contributed by atoms with van der Waals surface area (Å²) in [4.78, 5) is 12.5. The molecule has 0 aliphatic carbocycles. The summed E-state index contributed by atoms with van der Waals surface area (Å²) in [7, 11) is 0. The smallest absolute Gasteiger partial charge is 0.343 e. The van der Waals surface area contributed by atoms with Crippen molar-refractivity contribution < 1.29 is 32.5 Å². The van der Waals surface area contributed by atoms with Crippen molar-refractivity contribution in [2.75, 3.05) is 6.61 Å². The third-order valence-corrected chi connectivity index (χ3v) is 6.55. The molecule has 1 aliphatic heterocycles. The lowest BCUT2D eigenvalue weighted by atomic mass is 9.96. The van der Waals surface area contributed by atoms with Gasteiger partial charge in [-0.05, 0) is 47.4 Å². The average molecular weight is 519 g/mol. The van der Waals surface area contributed by atoms with Crippen molar-refractivity contribution in [2.24, 2.45) is 0 Å². The van der Waals surface area contributed by atoms with Crippen LogP contribution >= 0.6 is 0 Å². The Balaban J connectivity index is 1.31. The third kappa shape index (κ3) is 5.35. The van der Waals surface area contributed by atoms with E-state index < -0.39 is 29.5 Å². The molecule has 2 unspecified atom stereocenters. The van der Waals surface area contributed by atoms with Crippen LogP contribution in [-0.2, 0) is 4.74 Å². The van der Waals surface area contributed by atoms with Crippen LogP contribution in [0.15, 0.2) is 78.9 Å². The van der Waals surface area contributed by atoms with Gasteiger partial charge in [0.05, 0.1) is 18.3 Å². The van der Waals surface area contributed by atoms with Crippen molar-refractivity contribution in [3.8, 4) is 28.0 Å². The topological polar surface area (TPSA) is 59.1 Å². The van der Waals surface area contributed by atoms with Crippen molar-refractivity contribution in [1.29, 1.82) is 0 Å². The van der Waals surface area contributed by atoms with Crippen LogP contribution in [0.25, 0.3) is 22.3 Å². The summed E-state index contributed by atoms with van der Waals surface area (Å²) in [6.45, 7) is 2.44. The Morgan fingerprint density at radius 2 is 1.50 bits per heavy atom. The molecule has 0 spiro atoms. The van der Waals surface area contributed by atoms with Gasteiger partial charge in [0, 0.05) is 22.8 Å². The molecule has 0 radical (unpaired) electrons. The van der Waals surface area contributed by atoms with E-state index in [4.69, 9.17) is 9.47 Å². The number of rotatable bonds is 8. The fourth-order valence-electron chi connectivity index (χ4n) is 4.33. The van der Waals surface area contributed by atoms with Gasteiger partial charge in [0.15, 0.2) is 11.6 Å². The minimum atomic E-state index is -1.01. The van der Waals surface area contributed by atoms with Crippen LogP contribution in [0.1, 0.15) is 53.5 Å². The fraction of sp³-hybridized carbons (Fsp3) is 0.194. The molecule has 1 saturated heterocycles. The van der Waals surface area contributed by atoms with Crippen LogP contribution in [0.2, 0.25) is 0 Å². The van der Waals surface area contributed by atoms with Crippen molar-refractivity contribution in [1.82, 2.24) is 0 Å². The number of benzene rings is 4. The first-order chi connectivity index (χ1) is 18.4. The molecule has 2 atom stereocenters. The van der Waals surface area contributed by atoms with Gasteiger partial charge in [0.2, 0.25) is 0 Å². The molecule has 1 aliphatic rings. The highest BCUT2D eigenvalue weighted by Gasteiger charge is 2.28. The molecule has 0 amide bonds. The first-order valence-electron chi connectivity index (χ1n) is 12.4. The van der Waals surface area contributed by atoms with E-state index in [-0.39, 0.29) is 28.5 Å². The van der Waals surface area contributed by atoms with Crippen molar-refractivity contribution in [3.63, 3.8) is 0 Å². The van der Waals surface area contributed by atoms with Crippen LogP contribution in [0.3, 0.4) is 0 Å². The van der Waals surface area contributed by atoms with Gasteiger partial charge in [-0.3, -0.25) is 0 Å². The third-order valence-electron chi connectivity index (χ3n) is 6.55. The predicted octanol–water partition coefficient (Wildman–Crippen LogP) is 7.56. The van der Waals surface area contributed by atoms with E-state index in [1.807, 2.05) is 6.92 Å². The maximum absolute atomic E-state index is 15.1. The molecule has 38 heavy (non-hydrogen) atoms. The Kier molecular flexibility index (Phi) is 7.31. The van der Waals surface area contributed by atoms with Gasteiger partial charge < -0.3 is 14.6 Å². The number of aliphatic hydroxyl groups excluding tert-OH is 1. The van der Waals surface area contributed by atoms with Crippen molar-refractivity contribution >= 4 is 5.97 Å². The Bertz CT molecular complexity index is 1460. The van der Waals surface area contributed by atoms with E-state index in [1.165, 1.54) is 48.5 Å². The van der Waals surface area contributed by atoms with Gasteiger partial charge in [-0.2, -0.15) is 0 Å². The van der Waals surface area contributed by atoms with Crippen LogP contribution in [0, 0.1) is 17.5 Å². The second-order valence-corrected chi connectivity index (χ2v) is 9.19. The second-order valence-electron chi connectivity index (χ2n) is 9.19. The zero-order valence-corrected chi connectivity index (χ0v) is 20.6. The molecular formula is C31H25F3O4. The number of aliphatic hydroxyl groups is 1. The Morgan fingerprint density at radius 3 is 2.03 bits per heavy atom. The van der Waals surface area contributed by atoms with Gasteiger partial charge in [-0.1, -0.05) is 61.9 Å². The molecule has 0 saturated carbocycles.